The van der Waals surface area contributed by atoms with Gasteiger partial charge >= 0.3 is 0 Å². The minimum atomic E-state index is -0.235. The number of carbonyl (C=O) groups excluding carboxylic acids is 2. The summed E-state index contributed by atoms with van der Waals surface area (Å²) in [5.74, 6) is -0.235. The highest BCUT2D eigenvalue weighted by Crippen LogP contribution is 2.33. The van der Waals surface area contributed by atoms with E-state index in [0.29, 0.717) is 11.4 Å². The zero-order chi connectivity index (χ0) is 16.4. The van der Waals surface area contributed by atoms with Crippen molar-refractivity contribution in [2.24, 2.45) is 0 Å². The number of carbonyl (C=O) groups is 2. The second-order valence-electron chi connectivity index (χ2n) is 4.95. The third-order valence-corrected chi connectivity index (χ3v) is 5.45. The summed E-state index contributed by atoms with van der Waals surface area (Å²) in [6.07, 6.45) is 1.76. The lowest BCUT2D eigenvalue weighted by molar-refractivity contribution is -0.123. The molecule has 0 atom stereocenters. The van der Waals surface area contributed by atoms with Gasteiger partial charge in [-0.2, -0.15) is 0 Å². The van der Waals surface area contributed by atoms with Crippen LogP contribution in [0.1, 0.15) is 11.1 Å². The van der Waals surface area contributed by atoms with Crippen molar-refractivity contribution in [2.45, 2.75) is 6.54 Å². The zero-order valence-corrected chi connectivity index (χ0v) is 16.4. The van der Waals surface area contributed by atoms with Crippen molar-refractivity contribution in [2.75, 3.05) is 0 Å². The van der Waals surface area contributed by atoms with E-state index < -0.39 is 0 Å². The van der Waals surface area contributed by atoms with Crippen molar-refractivity contribution < 1.29 is 9.59 Å². The van der Waals surface area contributed by atoms with Crippen molar-refractivity contribution >= 4 is 67.5 Å². The molecule has 3 rings (SSSR count). The maximum atomic E-state index is 12.5. The monoisotopic (exact) mass is 499 g/mol. The van der Waals surface area contributed by atoms with E-state index in [1.165, 1.54) is 4.90 Å². The lowest BCUT2D eigenvalue weighted by atomic mass is 10.2. The fraction of sp³-hybridized carbons (Fsp3) is 0.0588. The average molecular weight is 500 g/mol. The second kappa shape index (κ2) is 7.19. The highest BCUT2D eigenvalue weighted by atomic mass is 127. The first kappa shape index (κ1) is 16.7. The maximum absolute atomic E-state index is 12.5. The average Bonchev–Trinajstić information content (AvgIpc) is 2.79. The Morgan fingerprint density at radius 1 is 1.04 bits per heavy atom. The lowest BCUT2D eigenvalue weighted by Gasteiger charge is -2.12. The topological polar surface area (TPSA) is 37.4 Å². The Kier molecular flexibility index (Phi) is 5.23. The summed E-state index contributed by atoms with van der Waals surface area (Å²) in [6, 6.07) is 15.4. The smallest absolute Gasteiger partial charge is 0.268 e. The molecule has 1 aliphatic rings. The third-order valence-electron chi connectivity index (χ3n) is 3.30. The van der Waals surface area contributed by atoms with Crippen LogP contribution in [0.2, 0.25) is 0 Å². The summed E-state index contributed by atoms with van der Waals surface area (Å²) in [5.41, 5.74) is 1.84. The van der Waals surface area contributed by atoms with Gasteiger partial charge in [0.15, 0.2) is 0 Å². The number of hydrogen-bond acceptors (Lipinski definition) is 3. The first-order valence-corrected chi connectivity index (χ1v) is 9.47. The van der Waals surface area contributed by atoms with Crippen LogP contribution in [0.25, 0.3) is 6.08 Å². The van der Waals surface area contributed by atoms with Crippen molar-refractivity contribution in [3.63, 3.8) is 0 Å². The predicted molar refractivity (Wildman–Crippen MR) is 105 cm³/mol. The molecule has 2 aromatic carbocycles. The Balaban J connectivity index is 1.79. The van der Waals surface area contributed by atoms with E-state index in [4.69, 9.17) is 0 Å². The second-order valence-corrected chi connectivity index (χ2v) is 8.10. The molecule has 2 amide bonds. The van der Waals surface area contributed by atoms with Gasteiger partial charge in [-0.1, -0.05) is 40.2 Å². The highest BCUT2D eigenvalue weighted by Gasteiger charge is 2.34. The van der Waals surface area contributed by atoms with Crippen LogP contribution in [-0.2, 0) is 11.3 Å². The first-order valence-electron chi connectivity index (χ1n) is 6.78. The fourth-order valence-electron chi connectivity index (χ4n) is 2.12. The zero-order valence-electron chi connectivity index (χ0n) is 11.8. The normalized spacial score (nSPS) is 16.4. The van der Waals surface area contributed by atoms with Gasteiger partial charge in [0.25, 0.3) is 11.1 Å². The molecule has 0 aliphatic carbocycles. The molecule has 23 heavy (non-hydrogen) atoms. The minimum absolute atomic E-state index is 0.225. The maximum Gasteiger partial charge on any atom is 0.293 e. The molecule has 2 aromatic rings. The molecule has 1 aliphatic heterocycles. The number of nitrogens with zero attached hydrogens (tertiary/aromatic N) is 1. The SMILES string of the molecule is O=C1S/C(=C/c2ccc(Br)cc2)C(=O)N1Cc1ccc(I)cc1. The van der Waals surface area contributed by atoms with Crippen LogP contribution in [0.4, 0.5) is 4.79 Å². The molecule has 1 saturated heterocycles. The summed E-state index contributed by atoms with van der Waals surface area (Å²) in [5, 5.41) is -0.225. The molecule has 1 fully saturated rings. The lowest BCUT2D eigenvalue weighted by Crippen LogP contribution is -2.27. The molecular formula is C17H11BrINO2S. The molecule has 0 radical (unpaired) electrons. The van der Waals surface area contributed by atoms with Crippen LogP contribution in [0.15, 0.2) is 57.9 Å². The van der Waals surface area contributed by atoms with Gasteiger partial charge in [-0.3, -0.25) is 14.5 Å². The molecule has 0 saturated carbocycles. The number of imide groups is 1. The van der Waals surface area contributed by atoms with Crippen LogP contribution in [0, 0.1) is 3.57 Å². The van der Waals surface area contributed by atoms with E-state index in [1.54, 1.807) is 6.08 Å². The van der Waals surface area contributed by atoms with Gasteiger partial charge in [0.05, 0.1) is 11.4 Å². The summed E-state index contributed by atoms with van der Waals surface area (Å²) >= 11 is 6.59. The van der Waals surface area contributed by atoms with Gasteiger partial charge < -0.3 is 0 Å². The quantitative estimate of drug-likeness (QED) is 0.425. The largest absolute Gasteiger partial charge is 0.293 e. The third kappa shape index (κ3) is 4.05. The van der Waals surface area contributed by atoms with E-state index in [0.717, 1.165) is 30.9 Å². The molecule has 0 spiro atoms. The van der Waals surface area contributed by atoms with Gasteiger partial charge in [0.2, 0.25) is 0 Å². The van der Waals surface area contributed by atoms with Gasteiger partial charge in [-0.25, -0.2) is 0 Å². The summed E-state index contributed by atoms with van der Waals surface area (Å²) in [6.45, 7) is 0.305. The highest BCUT2D eigenvalue weighted by molar-refractivity contribution is 14.1. The van der Waals surface area contributed by atoms with E-state index in [2.05, 4.69) is 38.5 Å². The van der Waals surface area contributed by atoms with Crippen LogP contribution < -0.4 is 0 Å². The Labute approximate surface area is 160 Å². The Bertz CT molecular complexity index is 787. The Morgan fingerprint density at radius 2 is 1.70 bits per heavy atom. The van der Waals surface area contributed by atoms with Crippen LogP contribution >= 0.6 is 50.3 Å². The van der Waals surface area contributed by atoms with E-state index in [9.17, 15) is 9.59 Å². The van der Waals surface area contributed by atoms with E-state index in [1.807, 2.05) is 48.5 Å². The van der Waals surface area contributed by atoms with Crippen molar-refractivity contribution in [3.05, 3.63) is 72.6 Å². The predicted octanol–water partition coefficient (Wildman–Crippen LogP) is 5.29. The van der Waals surface area contributed by atoms with Crippen molar-refractivity contribution in [1.82, 2.24) is 4.90 Å². The Morgan fingerprint density at radius 3 is 2.35 bits per heavy atom. The van der Waals surface area contributed by atoms with Gasteiger partial charge in [0.1, 0.15) is 0 Å². The molecule has 6 heteroatoms. The van der Waals surface area contributed by atoms with Crippen LogP contribution in [0.3, 0.4) is 0 Å². The summed E-state index contributed by atoms with van der Waals surface area (Å²) in [4.78, 5) is 26.3. The van der Waals surface area contributed by atoms with Gasteiger partial charge in [-0.05, 0) is 75.8 Å². The van der Waals surface area contributed by atoms with Gasteiger partial charge in [-0.15, -0.1) is 0 Å². The molecule has 0 N–H and O–H groups in total. The number of thioether (sulfide) groups is 1. The first-order chi connectivity index (χ1) is 11.0. The number of amides is 2. The summed E-state index contributed by atoms with van der Waals surface area (Å²) in [7, 11) is 0. The number of benzene rings is 2. The molecule has 0 unspecified atom stereocenters. The molecule has 116 valence electrons. The molecule has 0 aromatic heterocycles. The van der Waals surface area contributed by atoms with Crippen LogP contribution in [-0.4, -0.2) is 16.0 Å². The minimum Gasteiger partial charge on any atom is -0.268 e. The number of rotatable bonds is 3. The number of hydrogen-bond donors (Lipinski definition) is 0. The number of halogens is 2. The van der Waals surface area contributed by atoms with E-state index in [-0.39, 0.29) is 11.1 Å². The molecule has 0 bridgehead atoms. The summed E-state index contributed by atoms with van der Waals surface area (Å²) < 4.78 is 2.09. The van der Waals surface area contributed by atoms with Gasteiger partial charge in [0, 0.05) is 8.04 Å². The molecule has 3 nitrogen and oxygen atoms in total. The Hall–Kier alpha value is -1.12. The van der Waals surface area contributed by atoms with Crippen molar-refractivity contribution in [3.8, 4) is 0 Å². The molecular weight excluding hydrogens is 489 g/mol. The fourth-order valence-corrected chi connectivity index (χ4v) is 3.58. The standard InChI is InChI=1S/C17H11BrINO2S/c18-13-5-1-11(2-6-13)9-15-16(21)20(17(22)23-15)10-12-3-7-14(19)8-4-12/h1-9H,10H2/b15-9+. The van der Waals surface area contributed by atoms with Crippen LogP contribution in [0.5, 0.6) is 0 Å². The van der Waals surface area contributed by atoms with E-state index >= 15 is 0 Å². The van der Waals surface area contributed by atoms with Crippen molar-refractivity contribution in [1.29, 1.82) is 0 Å². The molecule has 1 heterocycles.